The second-order valence-corrected chi connectivity index (χ2v) is 11.2. The first-order valence-electron chi connectivity index (χ1n) is 13.5. The monoisotopic (exact) mass is 630 g/mol. The number of hydrogen-bond acceptors (Lipinski definition) is 5. The van der Waals surface area contributed by atoms with Crippen molar-refractivity contribution < 1.29 is 32.2 Å². The zero-order chi connectivity index (χ0) is 29.3. The molecule has 216 valence electrons. The first-order valence-corrected chi connectivity index (χ1v) is 14.3. The average Bonchev–Trinajstić information content (AvgIpc) is 3.55. The van der Waals surface area contributed by atoms with E-state index in [2.05, 4.69) is 15.9 Å². The lowest BCUT2D eigenvalue weighted by Gasteiger charge is -2.33. The molecule has 0 saturated carbocycles. The Labute approximate surface area is 245 Å². The van der Waals surface area contributed by atoms with E-state index in [-0.39, 0.29) is 43.5 Å². The zero-order valence-corrected chi connectivity index (χ0v) is 24.3. The van der Waals surface area contributed by atoms with Gasteiger partial charge in [0.25, 0.3) is 0 Å². The molecular weight excluding hydrogens is 601 g/mol. The molecule has 0 N–H and O–H groups in total. The number of nitrogens with zero attached hydrogens (tertiary/aromatic N) is 2. The number of ether oxygens (including phenoxy) is 2. The minimum Gasteiger partial charge on any atom is -0.462 e. The van der Waals surface area contributed by atoms with Crippen LogP contribution in [0.1, 0.15) is 46.3 Å². The molecule has 1 amide bonds. The van der Waals surface area contributed by atoms with Crippen LogP contribution in [0.5, 0.6) is 0 Å². The molecule has 3 aromatic rings. The normalized spacial score (nSPS) is 16.3. The van der Waals surface area contributed by atoms with Gasteiger partial charge in [0.05, 0.1) is 12.2 Å². The second-order valence-electron chi connectivity index (χ2n) is 10.3. The largest absolute Gasteiger partial charge is 0.462 e. The van der Waals surface area contributed by atoms with E-state index in [0.29, 0.717) is 16.5 Å². The van der Waals surface area contributed by atoms with Gasteiger partial charge in [-0.2, -0.15) is 13.2 Å². The second kappa shape index (κ2) is 11.8. The van der Waals surface area contributed by atoms with Crippen LogP contribution < -0.4 is 4.90 Å². The highest BCUT2D eigenvalue weighted by molar-refractivity contribution is 9.10. The number of alkyl halides is 3. The molecule has 0 radical (unpaired) electrons. The summed E-state index contributed by atoms with van der Waals surface area (Å²) in [5.41, 5.74) is 5.23. The van der Waals surface area contributed by atoms with Gasteiger partial charge in [-0.25, -0.2) is 9.59 Å². The molecule has 1 atom stereocenters. The third-order valence-corrected chi connectivity index (χ3v) is 8.16. The Morgan fingerprint density at radius 1 is 1.02 bits per heavy atom. The number of carbonyl (C=O) groups excluding carboxylic acids is 2. The predicted molar refractivity (Wildman–Crippen MR) is 153 cm³/mol. The van der Waals surface area contributed by atoms with Crippen molar-refractivity contribution in [1.82, 2.24) is 4.90 Å². The number of fused-ring (bicyclic) bond motifs is 3. The van der Waals surface area contributed by atoms with Crippen LogP contribution >= 0.6 is 15.9 Å². The van der Waals surface area contributed by atoms with E-state index >= 15 is 0 Å². The predicted octanol–water partition coefficient (Wildman–Crippen LogP) is 7.33. The van der Waals surface area contributed by atoms with Crippen LogP contribution in [0.2, 0.25) is 0 Å². The molecule has 0 spiro atoms. The topological polar surface area (TPSA) is 59.1 Å². The molecule has 0 bridgehead atoms. The summed E-state index contributed by atoms with van der Waals surface area (Å²) in [4.78, 5) is 28.4. The van der Waals surface area contributed by atoms with E-state index in [9.17, 15) is 22.8 Å². The number of amides is 1. The van der Waals surface area contributed by atoms with Crippen LogP contribution in [-0.4, -0.2) is 62.0 Å². The van der Waals surface area contributed by atoms with Gasteiger partial charge < -0.3 is 19.3 Å². The van der Waals surface area contributed by atoms with Crippen molar-refractivity contribution in [2.75, 3.05) is 37.7 Å². The molecule has 2 aliphatic rings. The summed E-state index contributed by atoms with van der Waals surface area (Å²) < 4.78 is 52.7. The maximum atomic E-state index is 13.8. The highest BCUT2D eigenvalue weighted by atomic mass is 79.9. The van der Waals surface area contributed by atoms with Gasteiger partial charge in [0.15, 0.2) is 0 Å². The van der Waals surface area contributed by atoms with Crippen molar-refractivity contribution in [1.29, 1.82) is 0 Å². The molecule has 5 rings (SSSR count). The lowest BCUT2D eigenvalue weighted by atomic mass is 9.98. The standard InChI is InChI=1S/C31H30BrF3N2O4/c1-3-40-29(38)26-14-20(32)15-28(19(26)2)37(18-31(33,34)35)21-12-13-36(16-21)30(39)41-17-27-24-10-6-4-8-22(24)23-9-5-7-11-25(23)27/h4-11,14-15,21,27H,3,12-13,16-18H2,1-2H3. The summed E-state index contributed by atoms with van der Waals surface area (Å²) in [5, 5.41) is 0. The number of anilines is 1. The van der Waals surface area contributed by atoms with Gasteiger partial charge in [-0.05, 0) is 60.2 Å². The fraction of sp³-hybridized carbons (Fsp3) is 0.355. The van der Waals surface area contributed by atoms with Gasteiger partial charge in [-0.3, -0.25) is 0 Å². The number of hydrogen-bond donors (Lipinski definition) is 0. The highest BCUT2D eigenvalue weighted by Crippen LogP contribution is 2.44. The Hall–Kier alpha value is -3.53. The number of benzene rings is 3. The Kier molecular flexibility index (Phi) is 8.31. The summed E-state index contributed by atoms with van der Waals surface area (Å²) in [6.45, 7) is 2.64. The van der Waals surface area contributed by atoms with E-state index in [1.165, 1.54) is 9.80 Å². The molecule has 1 fully saturated rings. The Bertz CT molecular complexity index is 1420. The first-order chi connectivity index (χ1) is 19.6. The van der Waals surface area contributed by atoms with Crippen molar-refractivity contribution in [3.05, 3.63) is 87.4 Å². The number of halogens is 4. The zero-order valence-electron chi connectivity index (χ0n) is 22.7. The van der Waals surface area contributed by atoms with Crippen LogP contribution in [0.3, 0.4) is 0 Å². The quantitative estimate of drug-likeness (QED) is 0.256. The summed E-state index contributed by atoms with van der Waals surface area (Å²) in [6.07, 6.45) is -4.74. The fourth-order valence-corrected chi connectivity index (χ4v) is 6.28. The van der Waals surface area contributed by atoms with Gasteiger partial charge in [0, 0.05) is 35.2 Å². The minimum absolute atomic E-state index is 0.0629. The van der Waals surface area contributed by atoms with Gasteiger partial charge in [0.1, 0.15) is 13.2 Å². The third kappa shape index (κ3) is 6.07. The lowest BCUT2D eigenvalue weighted by molar-refractivity contribution is -0.120. The van der Waals surface area contributed by atoms with Crippen LogP contribution in [0, 0.1) is 6.92 Å². The summed E-state index contributed by atoms with van der Waals surface area (Å²) in [7, 11) is 0. The molecule has 1 saturated heterocycles. The van der Waals surface area contributed by atoms with Crippen LogP contribution in [0.15, 0.2) is 65.1 Å². The average molecular weight is 631 g/mol. The van der Waals surface area contributed by atoms with Crippen molar-refractivity contribution >= 4 is 33.7 Å². The van der Waals surface area contributed by atoms with E-state index < -0.39 is 30.8 Å². The number of rotatable bonds is 7. The maximum absolute atomic E-state index is 13.8. The Morgan fingerprint density at radius 3 is 2.27 bits per heavy atom. The number of carbonyl (C=O) groups is 2. The molecule has 1 aliphatic carbocycles. The molecule has 41 heavy (non-hydrogen) atoms. The van der Waals surface area contributed by atoms with E-state index in [1.807, 2.05) is 48.5 Å². The summed E-state index contributed by atoms with van der Waals surface area (Å²) >= 11 is 3.33. The number of likely N-dealkylation sites (tertiary alicyclic amines) is 1. The van der Waals surface area contributed by atoms with E-state index in [0.717, 1.165) is 22.3 Å². The number of esters is 1. The summed E-state index contributed by atoms with van der Waals surface area (Å²) in [5.74, 6) is -0.719. The maximum Gasteiger partial charge on any atom is 0.409 e. The molecule has 1 heterocycles. The van der Waals surface area contributed by atoms with Crippen LogP contribution in [0.4, 0.5) is 23.7 Å². The fourth-order valence-electron chi connectivity index (χ4n) is 5.84. The molecule has 6 nitrogen and oxygen atoms in total. The minimum atomic E-state index is -4.50. The van der Waals surface area contributed by atoms with E-state index in [4.69, 9.17) is 9.47 Å². The van der Waals surface area contributed by atoms with Crippen molar-refractivity contribution in [3.8, 4) is 11.1 Å². The first kappa shape index (κ1) is 29.0. The van der Waals surface area contributed by atoms with Crippen LogP contribution in [-0.2, 0) is 9.47 Å². The van der Waals surface area contributed by atoms with Gasteiger partial charge in [-0.15, -0.1) is 0 Å². The third-order valence-electron chi connectivity index (χ3n) is 7.70. The van der Waals surface area contributed by atoms with Gasteiger partial charge >= 0.3 is 18.2 Å². The van der Waals surface area contributed by atoms with Crippen molar-refractivity contribution in [2.45, 2.75) is 38.4 Å². The molecule has 0 aromatic heterocycles. The molecule has 3 aromatic carbocycles. The Morgan fingerprint density at radius 2 is 1.66 bits per heavy atom. The lowest BCUT2D eigenvalue weighted by Crippen LogP contribution is -2.44. The molecular formula is C31H30BrF3N2O4. The van der Waals surface area contributed by atoms with Gasteiger partial charge in [0.2, 0.25) is 0 Å². The van der Waals surface area contributed by atoms with E-state index in [1.54, 1.807) is 26.0 Å². The highest BCUT2D eigenvalue weighted by Gasteiger charge is 2.39. The van der Waals surface area contributed by atoms with Crippen molar-refractivity contribution in [2.24, 2.45) is 0 Å². The Balaban J connectivity index is 1.33. The SMILES string of the molecule is CCOC(=O)c1cc(Br)cc(N(CC(F)(F)F)C2CCN(C(=O)OCC3c4ccccc4-c4ccccc43)C2)c1C. The molecule has 10 heteroatoms. The smallest absolute Gasteiger partial charge is 0.409 e. The molecule has 1 aliphatic heterocycles. The van der Waals surface area contributed by atoms with Crippen LogP contribution in [0.25, 0.3) is 11.1 Å². The molecule has 1 unspecified atom stereocenters. The summed E-state index contributed by atoms with van der Waals surface area (Å²) in [6, 6.07) is 18.5. The van der Waals surface area contributed by atoms with Gasteiger partial charge in [-0.1, -0.05) is 64.5 Å². The van der Waals surface area contributed by atoms with Crippen molar-refractivity contribution in [3.63, 3.8) is 0 Å².